The van der Waals surface area contributed by atoms with Gasteiger partial charge in [0.2, 0.25) is 0 Å². The average molecular weight is 454 g/mol. The summed E-state index contributed by atoms with van der Waals surface area (Å²) in [5, 5.41) is 2.04. The predicted molar refractivity (Wildman–Crippen MR) is 127 cm³/mol. The van der Waals surface area contributed by atoms with Crippen LogP contribution >= 0.6 is 11.3 Å². The third-order valence-corrected chi connectivity index (χ3v) is 7.96. The lowest BCUT2D eigenvalue weighted by Crippen LogP contribution is -2.52. The molecule has 2 aliphatic heterocycles. The largest absolute Gasteiger partial charge is 0.372 e. The Morgan fingerprint density at radius 3 is 2.94 bits per heavy atom. The number of ether oxygens (including phenoxy) is 1. The van der Waals surface area contributed by atoms with Crippen molar-refractivity contribution in [1.29, 1.82) is 0 Å². The first-order chi connectivity index (χ1) is 15.5. The summed E-state index contributed by atoms with van der Waals surface area (Å²) in [6.07, 6.45) is 1.77. The van der Waals surface area contributed by atoms with Crippen LogP contribution in [0.25, 0.3) is 10.8 Å². The number of nitrogens with two attached hydrogens (primary N) is 1. The van der Waals surface area contributed by atoms with Crippen molar-refractivity contribution in [2.24, 2.45) is 5.73 Å². The minimum absolute atomic E-state index is 0.0307. The first-order valence-corrected chi connectivity index (χ1v) is 12.0. The number of fused-ring (bicyclic) bond motifs is 2. The molecular formula is C25H28FN3O2S. The zero-order chi connectivity index (χ0) is 22.2. The Balaban J connectivity index is 1.25. The molecule has 5 nitrogen and oxygen atoms in total. The van der Waals surface area contributed by atoms with Gasteiger partial charge in [0.15, 0.2) is 0 Å². The Bertz CT molecular complexity index is 1150. The number of hydrogen-bond donors (Lipinski definition) is 1. The lowest BCUT2D eigenvalue weighted by Gasteiger charge is -2.42. The fourth-order valence-electron chi connectivity index (χ4n) is 4.97. The van der Waals surface area contributed by atoms with Gasteiger partial charge in [-0.3, -0.25) is 9.69 Å². The second-order valence-electron chi connectivity index (χ2n) is 8.74. The number of benzene rings is 2. The maximum absolute atomic E-state index is 13.9. The van der Waals surface area contributed by atoms with Gasteiger partial charge >= 0.3 is 0 Å². The molecule has 168 valence electrons. The number of halogens is 1. The molecule has 2 aromatic carbocycles. The number of nitrogens with zero attached hydrogens (tertiary/aromatic N) is 2. The second kappa shape index (κ2) is 8.81. The van der Waals surface area contributed by atoms with E-state index in [0.717, 1.165) is 60.4 Å². The van der Waals surface area contributed by atoms with E-state index in [9.17, 15) is 9.18 Å². The van der Waals surface area contributed by atoms with Crippen LogP contribution in [0.15, 0.2) is 42.5 Å². The topological polar surface area (TPSA) is 58.8 Å². The van der Waals surface area contributed by atoms with Crippen LogP contribution in [-0.4, -0.2) is 49.6 Å². The average Bonchev–Trinajstić information content (AvgIpc) is 3.23. The van der Waals surface area contributed by atoms with Gasteiger partial charge in [0.25, 0.3) is 5.91 Å². The molecule has 1 saturated heterocycles. The van der Waals surface area contributed by atoms with Crippen LogP contribution in [0.3, 0.4) is 0 Å². The minimum atomic E-state index is -0.360. The Hall–Kier alpha value is -2.48. The van der Waals surface area contributed by atoms with Crippen molar-refractivity contribution in [1.82, 2.24) is 4.90 Å². The fourth-order valence-corrected chi connectivity index (χ4v) is 6.11. The number of rotatable bonds is 5. The number of carbonyl (C=O) groups is 1. The molecular weight excluding hydrogens is 425 g/mol. The monoisotopic (exact) mass is 453 g/mol. The highest BCUT2D eigenvalue weighted by atomic mass is 32.1. The number of piperazine rings is 1. The second-order valence-corrected chi connectivity index (χ2v) is 9.82. The molecule has 5 rings (SSSR count). The highest BCUT2D eigenvalue weighted by Crippen LogP contribution is 2.37. The van der Waals surface area contributed by atoms with Crippen molar-refractivity contribution >= 4 is 33.7 Å². The zero-order valence-electron chi connectivity index (χ0n) is 18.2. The van der Waals surface area contributed by atoms with E-state index in [1.54, 1.807) is 6.07 Å². The van der Waals surface area contributed by atoms with Crippen LogP contribution in [0.1, 0.15) is 39.6 Å². The molecule has 2 aliphatic rings. The standard InChI is InChI=1S/C25H28FN3O2S/c1-16-15-29(21-4-2-3-17-5-6-19(26)14-20(17)21)11-10-28(16)9-7-22-24-18(8-12-31-22)13-23(32-24)25(27)30/h2-6,13-14,16,22H,7-12,15H2,1H3,(H2,27,30)/t16-,22?/m0/s1. The molecule has 3 heterocycles. The van der Waals surface area contributed by atoms with E-state index in [2.05, 4.69) is 22.8 Å². The molecule has 1 unspecified atom stereocenters. The van der Waals surface area contributed by atoms with Gasteiger partial charge < -0.3 is 15.4 Å². The van der Waals surface area contributed by atoms with Crippen LogP contribution < -0.4 is 10.6 Å². The lowest BCUT2D eigenvalue weighted by atomic mass is 10.0. The molecule has 7 heteroatoms. The summed E-state index contributed by atoms with van der Waals surface area (Å²) in [5.41, 5.74) is 7.79. The fraction of sp³-hybridized carbons (Fsp3) is 0.400. The van der Waals surface area contributed by atoms with Gasteiger partial charge in [-0.2, -0.15) is 0 Å². The van der Waals surface area contributed by atoms with Gasteiger partial charge in [-0.15, -0.1) is 11.3 Å². The summed E-state index contributed by atoms with van der Waals surface area (Å²) < 4.78 is 19.9. The summed E-state index contributed by atoms with van der Waals surface area (Å²) in [6.45, 7) is 6.63. The van der Waals surface area contributed by atoms with E-state index >= 15 is 0 Å². The first-order valence-electron chi connectivity index (χ1n) is 11.2. The molecule has 0 aliphatic carbocycles. The summed E-state index contributed by atoms with van der Waals surface area (Å²) in [5.74, 6) is -0.558. The van der Waals surface area contributed by atoms with Crippen LogP contribution in [0, 0.1) is 5.82 Å². The van der Waals surface area contributed by atoms with Gasteiger partial charge in [-0.05, 0) is 55.0 Å². The number of primary amides is 1. The smallest absolute Gasteiger partial charge is 0.258 e. The molecule has 0 spiro atoms. The quantitative estimate of drug-likeness (QED) is 0.624. The Morgan fingerprint density at radius 1 is 1.25 bits per heavy atom. The number of hydrogen-bond acceptors (Lipinski definition) is 5. The number of thiophene rings is 1. The van der Waals surface area contributed by atoms with Crippen molar-refractivity contribution in [2.75, 3.05) is 37.7 Å². The molecule has 3 aromatic rings. The maximum Gasteiger partial charge on any atom is 0.258 e. The molecule has 2 N–H and O–H groups in total. The van der Waals surface area contributed by atoms with E-state index in [-0.39, 0.29) is 17.8 Å². The zero-order valence-corrected chi connectivity index (χ0v) is 19.0. The van der Waals surface area contributed by atoms with Gasteiger partial charge in [-0.1, -0.05) is 18.2 Å². The molecule has 0 radical (unpaired) electrons. The van der Waals surface area contributed by atoms with Crippen LogP contribution in [0.2, 0.25) is 0 Å². The SMILES string of the molecule is C[C@H]1CN(c2cccc3ccc(F)cc23)CCN1CCC1OCCc2cc(C(N)=O)sc21. The van der Waals surface area contributed by atoms with Crippen LogP contribution in [0.4, 0.5) is 10.1 Å². The highest BCUT2D eigenvalue weighted by Gasteiger charge is 2.29. The Morgan fingerprint density at radius 2 is 2.12 bits per heavy atom. The van der Waals surface area contributed by atoms with Gasteiger partial charge in [0.05, 0.1) is 17.6 Å². The third kappa shape index (κ3) is 4.12. The summed E-state index contributed by atoms with van der Waals surface area (Å²) in [7, 11) is 0. The molecule has 0 bridgehead atoms. The Labute approximate surface area is 191 Å². The molecule has 1 amide bonds. The minimum Gasteiger partial charge on any atom is -0.372 e. The summed E-state index contributed by atoms with van der Waals surface area (Å²) >= 11 is 1.48. The predicted octanol–water partition coefficient (Wildman–Crippen LogP) is 4.35. The Kier molecular flexibility index (Phi) is 5.88. The number of anilines is 1. The molecule has 1 fully saturated rings. The number of carbonyl (C=O) groups excluding carboxylic acids is 1. The molecule has 1 aromatic heterocycles. The molecule has 2 atom stereocenters. The van der Waals surface area contributed by atoms with Crippen molar-refractivity contribution in [2.45, 2.75) is 31.9 Å². The van der Waals surface area contributed by atoms with Gasteiger partial charge in [0.1, 0.15) is 5.82 Å². The van der Waals surface area contributed by atoms with Crippen LogP contribution in [-0.2, 0) is 11.2 Å². The van der Waals surface area contributed by atoms with Crippen LogP contribution in [0.5, 0.6) is 0 Å². The number of amides is 1. The van der Waals surface area contributed by atoms with Crippen molar-refractivity contribution < 1.29 is 13.9 Å². The summed E-state index contributed by atoms with van der Waals surface area (Å²) in [4.78, 5) is 18.2. The van der Waals surface area contributed by atoms with E-state index in [4.69, 9.17) is 10.5 Å². The summed E-state index contributed by atoms with van der Waals surface area (Å²) in [6, 6.07) is 13.5. The first kappa shape index (κ1) is 21.4. The van der Waals surface area contributed by atoms with Crippen molar-refractivity contribution in [3.8, 4) is 0 Å². The van der Waals surface area contributed by atoms with E-state index in [1.807, 2.05) is 24.3 Å². The highest BCUT2D eigenvalue weighted by molar-refractivity contribution is 7.14. The van der Waals surface area contributed by atoms with Crippen molar-refractivity contribution in [3.05, 3.63) is 63.6 Å². The van der Waals surface area contributed by atoms with E-state index < -0.39 is 0 Å². The lowest BCUT2D eigenvalue weighted by molar-refractivity contribution is 0.0283. The molecule has 32 heavy (non-hydrogen) atoms. The maximum atomic E-state index is 13.9. The van der Waals surface area contributed by atoms with Gasteiger partial charge in [0, 0.05) is 48.2 Å². The van der Waals surface area contributed by atoms with Gasteiger partial charge in [-0.25, -0.2) is 4.39 Å². The van der Waals surface area contributed by atoms with E-state index in [0.29, 0.717) is 17.5 Å². The normalized spacial score (nSPS) is 21.6. The molecule has 0 saturated carbocycles. The third-order valence-electron chi connectivity index (χ3n) is 6.67. The van der Waals surface area contributed by atoms with E-state index in [1.165, 1.54) is 23.0 Å². The van der Waals surface area contributed by atoms with Crippen molar-refractivity contribution in [3.63, 3.8) is 0 Å².